The van der Waals surface area contributed by atoms with Crippen molar-refractivity contribution in [1.82, 2.24) is 0 Å². The molecular weight excluding hydrogens is 180 g/mol. The molecule has 1 aliphatic heterocycles. The fourth-order valence-electron chi connectivity index (χ4n) is 1.37. The van der Waals surface area contributed by atoms with Gasteiger partial charge in [0.2, 0.25) is 0 Å². The Bertz CT molecular complexity index is 243. The Hall–Kier alpha value is -0.830. The summed E-state index contributed by atoms with van der Waals surface area (Å²) in [6.45, 7) is 11.1. The molecule has 0 spiro atoms. The van der Waals surface area contributed by atoms with Crippen LogP contribution in [0.3, 0.4) is 0 Å². The van der Waals surface area contributed by atoms with E-state index in [4.69, 9.17) is 9.47 Å². The Morgan fingerprint density at radius 2 is 2.36 bits per heavy atom. The molecule has 0 aliphatic carbocycles. The topological polar surface area (TPSA) is 35.5 Å². The van der Waals surface area contributed by atoms with E-state index in [0.717, 1.165) is 5.57 Å². The van der Waals surface area contributed by atoms with Crippen molar-refractivity contribution in [1.29, 1.82) is 0 Å². The third-order valence-corrected chi connectivity index (χ3v) is 2.63. The van der Waals surface area contributed by atoms with Crippen LogP contribution in [-0.4, -0.2) is 25.8 Å². The first-order chi connectivity index (χ1) is 6.44. The zero-order valence-electron chi connectivity index (χ0n) is 9.13. The molecular formula is C11H18O3. The van der Waals surface area contributed by atoms with E-state index in [1.165, 1.54) is 0 Å². The second kappa shape index (κ2) is 4.13. The van der Waals surface area contributed by atoms with Crippen molar-refractivity contribution in [2.24, 2.45) is 11.3 Å². The first-order valence-corrected chi connectivity index (χ1v) is 4.84. The van der Waals surface area contributed by atoms with Crippen LogP contribution in [-0.2, 0) is 14.3 Å². The van der Waals surface area contributed by atoms with Crippen molar-refractivity contribution in [3.63, 3.8) is 0 Å². The highest BCUT2D eigenvalue weighted by Gasteiger charge is 2.44. The predicted molar refractivity (Wildman–Crippen MR) is 53.9 cm³/mol. The average Bonchev–Trinajstić information content (AvgIpc) is 2.30. The first-order valence-electron chi connectivity index (χ1n) is 4.84. The van der Waals surface area contributed by atoms with Crippen LogP contribution in [0.2, 0.25) is 0 Å². The summed E-state index contributed by atoms with van der Waals surface area (Å²) in [6, 6.07) is 0. The number of carbonyl (C=O) groups excluding carboxylic acids is 1. The summed E-state index contributed by atoms with van der Waals surface area (Å²) in [5, 5.41) is 0. The van der Waals surface area contributed by atoms with Gasteiger partial charge in [0.1, 0.15) is 0 Å². The molecule has 1 saturated heterocycles. The molecule has 1 aliphatic rings. The van der Waals surface area contributed by atoms with Crippen LogP contribution in [0.5, 0.6) is 0 Å². The van der Waals surface area contributed by atoms with Gasteiger partial charge >= 0.3 is 5.97 Å². The summed E-state index contributed by atoms with van der Waals surface area (Å²) < 4.78 is 10.4. The Labute approximate surface area is 85.1 Å². The van der Waals surface area contributed by atoms with Crippen LogP contribution >= 0.6 is 0 Å². The predicted octanol–water partition coefficient (Wildman–Crippen LogP) is 1.78. The van der Waals surface area contributed by atoms with Crippen LogP contribution in [0, 0.1) is 11.3 Å². The lowest BCUT2D eigenvalue weighted by Crippen LogP contribution is -2.29. The number of rotatable bonds is 4. The lowest BCUT2D eigenvalue weighted by atomic mass is 9.82. The highest BCUT2D eigenvalue weighted by atomic mass is 16.5. The summed E-state index contributed by atoms with van der Waals surface area (Å²) >= 11 is 0. The van der Waals surface area contributed by atoms with Crippen LogP contribution in [0.4, 0.5) is 0 Å². The summed E-state index contributed by atoms with van der Waals surface area (Å²) in [4.78, 5) is 11.3. The molecule has 1 rings (SSSR count). The summed E-state index contributed by atoms with van der Waals surface area (Å²) in [5.41, 5.74) is 0.586. The molecule has 1 unspecified atom stereocenters. The molecule has 0 aromatic carbocycles. The first kappa shape index (κ1) is 11.2. The number of ether oxygens (including phenoxy) is 2. The van der Waals surface area contributed by atoms with E-state index in [-0.39, 0.29) is 11.9 Å². The molecule has 0 radical (unpaired) electrons. The van der Waals surface area contributed by atoms with Crippen molar-refractivity contribution in [3.8, 4) is 0 Å². The Morgan fingerprint density at radius 3 is 2.79 bits per heavy atom. The van der Waals surface area contributed by atoms with E-state index in [1.54, 1.807) is 0 Å². The van der Waals surface area contributed by atoms with Crippen LogP contribution < -0.4 is 0 Å². The Morgan fingerprint density at radius 1 is 1.71 bits per heavy atom. The van der Waals surface area contributed by atoms with E-state index < -0.39 is 5.41 Å². The standard InChI is InChI=1S/C11H18O3/c1-8(2)5-13-6-9-7-14-10(12)11(9,3)4/h9H,1,5-7H2,2-4H3. The molecule has 1 fully saturated rings. The number of carbonyl (C=O) groups is 1. The quantitative estimate of drug-likeness (QED) is 0.510. The molecule has 0 bridgehead atoms. The molecule has 0 aromatic heterocycles. The smallest absolute Gasteiger partial charge is 0.312 e. The van der Waals surface area contributed by atoms with Gasteiger partial charge in [0.15, 0.2) is 0 Å². The average molecular weight is 198 g/mol. The summed E-state index contributed by atoms with van der Waals surface area (Å²) in [6.07, 6.45) is 0. The van der Waals surface area contributed by atoms with Crippen LogP contribution in [0.25, 0.3) is 0 Å². The maximum Gasteiger partial charge on any atom is 0.312 e. The summed E-state index contributed by atoms with van der Waals surface area (Å²) in [5.74, 6) is 0.0378. The second-order valence-corrected chi connectivity index (χ2v) is 4.49. The fourth-order valence-corrected chi connectivity index (χ4v) is 1.37. The molecule has 0 aromatic rings. The molecule has 1 atom stereocenters. The SMILES string of the molecule is C=C(C)COCC1COC(=O)C1(C)C. The lowest BCUT2D eigenvalue weighted by Gasteiger charge is -2.21. The van der Waals surface area contributed by atoms with Crippen molar-refractivity contribution < 1.29 is 14.3 Å². The van der Waals surface area contributed by atoms with Crippen molar-refractivity contribution >= 4 is 5.97 Å². The highest BCUT2D eigenvalue weighted by molar-refractivity contribution is 5.78. The normalized spacial score (nSPS) is 24.8. The van der Waals surface area contributed by atoms with Gasteiger partial charge in [0.25, 0.3) is 0 Å². The van der Waals surface area contributed by atoms with Crippen LogP contribution in [0.1, 0.15) is 20.8 Å². The maximum absolute atomic E-state index is 11.3. The lowest BCUT2D eigenvalue weighted by molar-refractivity contribution is -0.145. The van der Waals surface area contributed by atoms with Gasteiger partial charge in [-0.2, -0.15) is 0 Å². The molecule has 1 heterocycles. The number of cyclic esters (lactones) is 1. The fraction of sp³-hybridized carbons (Fsp3) is 0.727. The van der Waals surface area contributed by atoms with Gasteiger partial charge in [-0.05, 0) is 20.8 Å². The third-order valence-electron chi connectivity index (χ3n) is 2.63. The molecule has 3 heteroatoms. The molecule has 14 heavy (non-hydrogen) atoms. The van der Waals surface area contributed by atoms with Gasteiger partial charge in [-0.25, -0.2) is 0 Å². The zero-order valence-corrected chi connectivity index (χ0v) is 9.13. The van der Waals surface area contributed by atoms with Gasteiger partial charge < -0.3 is 9.47 Å². The Kier molecular flexibility index (Phi) is 3.32. The van der Waals surface area contributed by atoms with E-state index >= 15 is 0 Å². The van der Waals surface area contributed by atoms with Crippen molar-refractivity contribution in [2.75, 3.05) is 19.8 Å². The van der Waals surface area contributed by atoms with Gasteiger partial charge in [0, 0.05) is 5.92 Å². The monoisotopic (exact) mass is 198 g/mol. The number of hydrogen-bond acceptors (Lipinski definition) is 3. The largest absolute Gasteiger partial charge is 0.465 e. The molecule has 0 amide bonds. The van der Waals surface area contributed by atoms with Crippen molar-refractivity contribution in [2.45, 2.75) is 20.8 Å². The minimum Gasteiger partial charge on any atom is -0.465 e. The van der Waals surface area contributed by atoms with E-state index in [1.807, 2.05) is 20.8 Å². The van der Waals surface area contributed by atoms with E-state index in [9.17, 15) is 4.79 Å². The second-order valence-electron chi connectivity index (χ2n) is 4.49. The molecule has 3 nitrogen and oxygen atoms in total. The van der Waals surface area contributed by atoms with Crippen LogP contribution in [0.15, 0.2) is 12.2 Å². The van der Waals surface area contributed by atoms with Gasteiger partial charge in [-0.15, -0.1) is 0 Å². The zero-order chi connectivity index (χ0) is 10.8. The summed E-state index contributed by atoms with van der Waals surface area (Å²) in [7, 11) is 0. The van der Waals surface area contributed by atoms with Gasteiger partial charge in [-0.1, -0.05) is 12.2 Å². The van der Waals surface area contributed by atoms with Gasteiger partial charge in [0.05, 0.1) is 25.2 Å². The number of hydrogen-bond donors (Lipinski definition) is 0. The molecule has 0 saturated carbocycles. The van der Waals surface area contributed by atoms with E-state index in [0.29, 0.717) is 19.8 Å². The third kappa shape index (κ3) is 2.35. The van der Waals surface area contributed by atoms with Gasteiger partial charge in [-0.3, -0.25) is 4.79 Å². The minimum absolute atomic E-state index is 0.124. The molecule has 0 N–H and O–H groups in total. The number of esters is 1. The maximum atomic E-state index is 11.3. The molecule has 80 valence electrons. The van der Waals surface area contributed by atoms with E-state index in [2.05, 4.69) is 6.58 Å². The highest BCUT2D eigenvalue weighted by Crippen LogP contribution is 2.34. The van der Waals surface area contributed by atoms with Crippen molar-refractivity contribution in [3.05, 3.63) is 12.2 Å². The minimum atomic E-state index is -0.408. The Balaban J connectivity index is 2.39.